The first-order valence-electron chi connectivity index (χ1n) is 8.69. The Kier molecular flexibility index (Phi) is 5.42. The summed E-state index contributed by atoms with van der Waals surface area (Å²) in [6, 6.07) is 14.8. The van der Waals surface area contributed by atoms with Gasteiger partial charge in [-0.3, -0.25) is 4.90 Å². The summed E-state index contributed by atoms with van der Waals surface area (Å²) in [5, 5.41) is 9.19. The lowest BCUT2D eigenvalue weighted by Gasteiger charge is -2.34. The van der Waals surface area contributed by atoms with Crippen molar-refractivity contribution in [3.8, 4) is 6.07 Å². The third-order valence-corrected chi connectivity index (χ3v) is 6.81. The molecule has 0 aliphatic carbocycles. The van der Waals surface area contributed by atoms with Crippen LogP contribution in [0, 0.1) is 25.2 Å². The molecular formula is C20H23N3O2S. The Balaban J connectivity index is 1.70. The van der Waals surface area contributed by atoms with Gasteiger partial charge in [-0.05, 0) is 37.1 Å². The predicted molar refractivity (Wildman–Crippen MR) is 101 cm³/mol. The molecule has 26 heavy (non-hydrogen) atoms. The molecule has 5 nitrogen and oxygen atoms in total. The highest BCUT2D eigenvalue weighted by Crippen LogP contribution is 2.22. The number of hydrogen-bond donors (Lipinski definition) is 0. The van der Waals surface area contributed by atoms with Gasteiger partial charge in [0.15, 0.2) is 0 Å². The minimum atomic E-state index is -3.63. The van der Waals surface area contributed by atoms with E-state index >= 15 is 0 Å². The van der Waals surface area contributed by atoms with Crippen LogP contribution >= 0.6 is 0 Å². The van der Waals surface area contributed by atoms with Gasteiger partial charge in [0.05, 0.1) is 10.5 Å². The van der Waals surface area contributed by atoms with Crippen molar-refractivity contribution in [2.24, 2.45) is 0 Å². The lowest BCUT2D eigenvalue weighted by Crippen LogP contribution is -2.48. The van der Waals surface area contributed by atoms with Crippen molar-refractivity contribution in [2.75, 3.05) is 26.2 Å². The molecule has 2 aromatic rings. The Bertz CT molecular complexity index is 940. The van der Waals surface area contributed by atoms with Gasteiger partial charge >= 0.3 is 0 Å². The molecule has 1 saturated heterocycles. The minimum absolute atomic E-state index is 0.102. The fraction of sp³-hybridized carbons (Fsp3) is 0.350. The molecular weight excluding hydrogens is 346 g/mol. The van der Waals surface area contributed by atoms with Gasteiger partial charge in [-0.15, -0.1) is 0 Å². The van der Waals surface area contributed by atoms with E-state index in [0.29, 0.717) is 26.2 Å². The molecule has 0 saturated carbocycles. The zero-order valence-corrected chi connectivity index (χ0v) is 16.0. The first-order chi connectivity index (χ1) is 12.4. The molecule has 3 rings (SSSR count). The van der Waals surface area contributed by atoms with Crippen molar-refractivity contribution < 1.29 is 8.42 Å². The van der Waals surface area contributed by atoms with Crippen molar-refractivity contribution in [1.82, 2.24) is 9.21 Å². The van der Waals surface area contributed by atoms with E-state index in [1.165, 1.54) is 27.1 Å². The van der Waals surface area contributed by atoms with Gasteiger partial charge in [0.25, 0.3) is 0 Å². The summed E-state index contributed by atoms with van der Waals surface area (Å²) in [6.45, 7) is 7.26. The van der Waals surface area contributed by atoms with Crippen molar-refractivity contribution in [3.63, 3.8) is 0 Å². The van der Waals surface area contributed by atoms with Crippen LogP contribution in [0.15, 0.2) is 47.4 Å². The van der Waals surface area contributed by atoms with Gasteiger partial charge in [0.1, 0.15) is 6.07 Å². The molecule has 1 aliphatic heterocycles. The number of hydrogen-bond acceptors (Lipinski definition) is 4. The summed E-state index contributed by atoms with van der Waals surface area (Å²) in [5.74, 6) is 0. The van der Waals surface area contributed by atoms with Crippen LogP contribution in [0.4, 0.5) is 0 Å². The van der Waals surface area contributed by atoms with Gasteiger partial charge in [-0.25, -0.2) is 8.42 Å². The topological polar surface area (TPSA) is 64.4 Å². The highest BCUT2D eigenvalue weighted by atomic mass is 32.2. The maximum Gasteiger partial charge on any atom is 0.244 e. The molecule has 0 radical (unpaired) electrons. The van der Waals surface area contributed by atoms with E-state index < -0.39 is 10.0 Å². The predicted octanol–water partition coefficient (Wildman–Crippen LogP) is 2.68. The molecule has 0 N–H and O–H groups in total. The molecule has 0 aromatic heterocycles. The minimum Gasteiger partial charge on any atom is -0.296 e. The van der Waals surface area contributed by atoms with Gasteiger partial charge in [-0.1, -0.05) is 35.9 Å². The Labute approximate surface area is 155 Å². The van der Waals surface area contributed by atoms with Gasteiger partial charge in [0.2, 0.25) is 10.0 Å². The maximum absolute atomic E-state index is 12.9. The molecule has 1 aliphatic rings. The second-order valence-electron chi connectivity index (χ2n) is 6.72. The van der Waals surface area contributed by atoms with Crippen molar-refractivity contribution in [3.05, 3.63) is 64.7 Å². The largest absolute Gasteiger partial charge is 0.296 e. The second kappa shape index (κ2) is 7.58. The van der Waals surface area contributed by atoms with Crippen molar-refractivity contribution in [2.45, 2.75) is 25.3 Å². The Hall–Kier alpha value is -2.20. The van der Waals surface area contributed by atoms with Crippen LogP contribution < -0.4 is 0 Å². The fourth-order valence-electron chi connectivity index (χ4n) is 3.26. The van der Waals surface area contributed by atoms with E-state index in [4.69, 9.17) is 0 Å². The smallest absolute Gasteiger partial charge is 0.244 e. The molecule has 6 heteroatoms. The summed E-state index contributed by atoms with van der Waals surface area (Å²) in [4.78, 5) is 2.38. The number of nitrogens with zero attached hydrogens (tertiary/aromatic N) is 3. The number of piperazine rings is 1. The van der Waals surface area contributed by atoms with Gasteiger partial charge < -0.3 is 0 Å². The lowest BCUT2D eigenvalue weighted by atomic mass is 10.1. The summed E-state index contributed by atoms with van der Waals surface area (Å²) in [7, 11) is -3.63. The van der Waals surface area contributed by atoms with Crippen molar-refractivity contribution in [1.29, 1.82) is 5.26 Å². The van der Waals surface area contributed by atoms with Crippen LogP contribution in [-0.2, 0) is 16.6 Å². The molecule has 0 bridgehead atoms. The van der Waals surface area contributed by atoms with E-state index in [-0.39, 0.29) is 10.5 Å². The maximum atomic E-state index is 12.9. The zero-order valence-electron chi connectivity index (χ0n) is 15.1. The van der Waals surface area contributed by atoms with Gasteiger partial charge in [0, 0.05) is 32.7 Å². The fourth-order valence-corrected chi connectivity index (χ4v) is 4.83. The Morgan fingerprint density at radius 1 is 1.04 bits per heavy atom. The monoisotopic (exact) mass is 369 g/mol. The summed E-state index contributed by atoms with van der Waals surface area (Å²) < 4.78 is 27.3. The molecule has 0 atom stereocenters. The van der Waals surface area contributed by atoms with Crippen LogP contribution in [0.2, 0.25) is 0 Å². The van der Waals surface area contributed by atoms with E-state index in [0.717, 1.165) is 6.54 Å². The molecule has 1 fully saturated rings. The highest BCUT2D eigenvalue weighted by molar-refractivity contribution is 7.89. The van der Waals surface area contributed by atoms with Crippen LogP contribution in [0.1, 0.15) is 22.3 Å². The number of benzene rings is 2. The molecule has 0 unspecified atom stereocenters. The van der Waals surface area contributed by atoms with E-state index in [9.17, 15) is 13.7 Å². The average molecular weight is 369 g/mol. The number of sulfonamides is 1. The lowest BCUT2D eigenvalue weighted by molar-refractivity contribution is 0.181. The van der Waals surface area contributed by atoms with E-state index in [1.807, 2.05) is 6.07 Å². The van der Waals surface area contributed by atoms with Crippen LogP contribution in [0.5, 0.6) is 0 Å². The van der Waals surface area contributed by atoms with Gasteiger partial charge in [-0.2, -0.15) is 9.57 Å². The quantitative estimate of drug-likeness (QED) is 0.831. The summed E-state index contributed by atoms with van der Waals surface area (Å²) in [6.07, 6.45) is 0. The summed E-state index contributed by atoms with van der Waals surface area (Å²) >= 11 is 0. The zero-order chi connectivity index (χ0) is 18.7. The molecule has 0 amide bonds. The molecule has 1 heterocycles. The highest BCUT2D eigenvalue weighted by Gasteiger charge is 2.30. The first-order valence-corrected chi connectivity index (χ1v) is 10.1. The number of aryl methyl sites for hydroxylation is 2. The number of rotatable bonds is 4. The summed E-state index contributed by atoms with van der Waals surface area (Å²) in [5.41, 5.74) is 3.98. The average Bonchev–Trinajstić information content (AvgIpc) is 2.65. The standard InChI is InChI=1S/C20H23N3O2S/c1-16-7-8-17(2)19(13-16)15-22-9-11-23(12-10-22)26(24,25)20-6-4-3-5-18(20)14-21/h3-8,13H,9-12,15H2,1-2H3. The van der Waals surface area contributed by atoms with Crippen LogP contribution in [0.25, 0.3) is 0 Å². The SMILES string of the molecule is Cc1ccc(C)c(CN2CCN(S(=O)(=O)c3ccccc3C#N)CC2)c1. The van der Waals surface area contributed by atoms with E-state index in [2.05, 4.69) is 36.9 Å². The molecule has 0 spiro atoms. The third-order valence-electron chi connectivity index (χ3n) is 4.86. The molecule has 2 aromatic carbocycles. The third kappa shape index (κ3) is 3.80. The molecule has 136 valence electrons. The van der Waals surface area contributed by atoms with Crippen molar-refractivity contribution >= 4 is 10.0 Å². The normalized spacial score (nSPS) is 16.3. The van der Waals surface area contributed by atoms with Crippen LogP contribution in [-0.4, -0.2) is 43.8 Å². The second-order valence-corrected chi connectivity index (χ2v) is 8.62. The first kappa shape index (κ1) is 18.6. The number of nitriles is 1. The Morgan fingerprint density at radius 2 is 1.73 bits per heavy atom. The Morgan fingerprint density at radius 3 is 2.42 bits per heavy atom. The van der Waals surface area contributed by atoms with E-state index in [1.54, 1.807) is 18.2 Å². The van der Waals surface area contributed by atoms with Crippen LogP contribution in [0.3, 0.4) is 0 Å².